The van der Waals surface area contributed by atoms with Crippen molar-refractivity contribution in [1.82, 2.24) is 10.0 Å². The highest BCUT2D eigenvalue weighted by Gasteiger charge is 2.33. The highest BCUT2D eigenvalue weighted by molar-refractivity contribution is 7.89. The average Bonchev–Trinajstić information content (AvgIpc) is 3.24. The van der Waals surface area contributed by atoms with Gasteiger partial charge >= 0.3 is 6.03 Å². The third kappa shape index (κ3) is 4.88. The number of carbonyl (C=O) groups is 1. The van der Waals surface area contributed by atoms with Gasteiger partial charge in [0.25, 0.3) is 0 Å². The maximum absolute atomic E-state index is 12.2. The van der Waals surface area contributed by atoms with Gasteiger partial charge in [-0.1, -0.05) is 42.3 Å². The second kappa shape index (κ2) is 9.14. The topological polar surface area (TPSA) is 153 Å². The van der Waals surface area contributed by atoms with Crippen LogP contribution >= 0.6 is 11.6 Å². The molecule has 3 aromatic rings. The smallest absolute Gasteiger partial charge is 0.338 e. The number of hydrogen-bond donors (Lipinski definition) is 3. The Bertz CT molecular complexity index is 1280. The molecular formula is C22H23ClN4O5S. The van der Waals surface area contributed by atoms with Crippen LogP contribution in [0.5, 0.6) is 0 Å². The molecule has 11 heteroatoms. The maximum atomic E-state index is 12.2. The van der Waals surface area contributed by atoms with Gasteiger partial charge in [0.2, 0.25) is 10.0 Å². The number of primary sulfonamides is 1. The first kappa shape index (κ1) is 23.2. The van der Waals surface area contributed by atoms with Crippen LogP contribution in [-0.2, 0) is 10.0 Å². The number of halogens is 1. The lowest BCUT2D eigenvalue weighted by molar-refractivity contribution is -0.0865. The van der Waals surface area contributed by atoms with Gasteiger partial charge in [-0.3, -0.25) is 5.21 Å². The van der Waals surface area contributed by atoms with Gasteiger partial charge in [0.05, 0.1) is 10.9 Å². The Morgan fingerprint density at radius 2 is 1.85 bits per heavy atom. The molecule has 0 saturated heterocycles. The highest BCUT2D eigenvalue weighted by atomic mass is 35.5. The summed E-state index contributed by atoms with van der Waals surface area (Å²) in [6.45, 7) is 0. The Balaban J connectivity index is 1.82. The fourth-order valence-corrected chi connectivity index (χ4v) is 5.05. The fraction of sp³-hybridized carbons (Fsp3) is 0.273. The number of nitrogens with zero attached hydrogens (tertiary/aromatic N) is 2. The van der Waals surface area contributed by atoms with Crippen LogP contribution in [0.1, 0.15) is 37.5 Å². The van der Waals surface area contributed by atoms with Gasteiger partial charge in [-0.15, -0.1) is 0 Å². The Hall–Kier alpha value is -2.92. The van der Waals surface area contributed by atoms with Crippen molar-refractivity contribution in [2.45, 2.75) is 42.5 Å². The van der Waals surface area contributed by atoms with E-state index in [2.05, 4.69) is 0 Å². The number of amides is 2. The van der Waals surface area contributed by atoms with Crippen molar-refractivity contribution >= 4 is 27.7 Å². The van der Waals surface area contributed by atoms with Crippen LogP contribution in [0.3, 0.4) is 0 Å². The normalized spacial score (nSPS) is 18.8. The zero-order valence-corrected chi connectivity index (χ0v) is 19.1. The molecule has 1 saturated carbocycles. The highest BCUT2D eigenvalue weighted by Crippen LogP contribution is 2.41. The predicted octanol–water partition coefficient (Wildman–Crippen LogP) is 4.11. The van der Waals surface area contributed by atoms with Crippen LogP contribution in [0.15, 0.2) is 57.8 Å². The molecule has 33 heavy (non-hydrogen) atoms. The van der Waals surface area contributed by atoms with E-state index in [0.717, 1.165) is 12.8 Å². The average molecular weight is 491 g/mol. The van der Waals surface area contributed by atoms with Gasteiger partial charge in [-0.2, -0.15) is 0 Å². The summed E-state index contributed by atoms with van der Waals surface area (Å²) in [7, 11) is -4.03. The number of urea groups is 1. The first-order chi connectivity index (χ1) is 15.6. The molecule has 9 nitrogen and oxygen atoms in total. The SMILES string of the molecule is NC(=O)N(O)C1CCCC(c2nc(-c3ccc(Cl)cc3)c(-c3ccccc3S(N)(=O)=O)o2)C1. The van der Waals surface area contributed by atoms with Crippen molar-refractivity contribution < 1.29 is 22.8 Å². The molecule has 0 spiro atoms. The summed E-state index contributed by atoms with van der Waals surface area (Å²) in [6, 6.07) is 11.8. The van der Waals surface area contributed by atoms with E-state index in [4.69, 9.17) is 31.9 Å². The van der Waals surface area contributed by atoms with E-state index in [1.807, 2.05) is 0 Å². The molecule has 2 unspecified atom stereocenters. The van der Waals surface area contributed by atoms with Gasteiger partial charge in [0, 0.05) is 22.1 Å². The number of hydroxylamine groups is 2. The van der Waals surface area contributed by atoms with E-state index in [-0.39, 0.29) is 22.1 Å². The minimum absolute atomic E-state index is 0.0836. The standard InChI is InChI=1S/C22H23ClN4O5S/c23-15-10-8-13(9-11-15)19-20(17-6-1-2-7-18(17)33(25,30)31)32-21(26-19)14-4-3-5-16(12-14)27(29)22(24)28/h1-2,6-11,14,16,29H,3-5,12H2,(H2,24,28)(H2,25,30,31). The van der Waals surface area contributed by atoms with Crippen molar-refractivity contribution in [1.29, 1.82) is 0 Å². The van der Waals surface area contributed by atoms with Crippen molar-refractivity contribution in [3.8, 4) is 22.6 Å². The number of oxazole rings is 1. The number of hydrogen-bond acceptors (Lipinski definition) is 6. The van der Waals surface area contributed by atoms with E-state index >= 15 is 0 Å². The van der Waals surface area contributed by atoms with Crippen molar-refractivity contribution in [3.63, 3.8) is 0 Å². The fourth-order valence-electron chi connectivity index (χ4n) is 4.19. The minimum atomic E-state index is -4.03. The van der Waals surface area contributed by atoms with Gasteiger partial charge < -0.3 is 10.2 Å². The summed E-state index contributed by atoms with van der Waals surface area (Å²) in [5.41, 5.74) is 6.63. The van der Waals surface area contributed by atoms with Crippen LogP contribution in [0.25, 0.3) is 22.6 Å². The lowest BCUT2D eigenvalue weighted by Gasteiger charge is -2.31. The lowest BCUT2D eigenvalue weighted by Crippen LogP contribution is -2.43. The molecule has 1 aromatic heterocycles. The molecule has 1 aliphatic carbocycles. The van der Waals surface area contributed by atoms with E-state index < -0.39 is 22.1 Å². The summed E-state index contributed by atoms with van der Waals surface area (Å²) in [6.07, 6.45) is 2.44. The Kier molecular flexibility index (Phi) is 6.44. The summed E-state index contributed by atoms with van der Waals surface area (Å²) in [5.74, 6) is 0.427. The third-order valence-corrected chi connectivity index (χ3v) is 6.99. The number of nitrogens with two attached hydrogens (primary N) is 2. The number of primary amides is 1. The maximum Gasteiger partial charge on any atom is 0.338 e. The van der Waals surface area contributed by atoms with Gasteiger partial charge in [0.15, 0.2) is 11.7 Å². The van der Waals surface area contributed by atoms with Crippen molar-refractivity contribution in [2.24, 2.45) is 10.9 Å². The second-order valence-corrected chi connectivity index (χ2v) is 9.94. The Morgan fingerprint density at radius 1 is 1.15 bits per heavy atom. The van der Waals surface area contributed by atoms with Gasteiger partial charge in [-0.05, 0) is 43.5 Å². The number of aromatic nitrogens is 1. The van der Waals surface area contributed by atoms with E-state index in [0.29, 0.717) is 40.1 Å². The largest absolute Gasteiger partial charge is 0.440 e. The van der Waals surface area contributed by atoms with Crippen LogP contribution < -0.4 is 10.9 Å². The van der Waals surface area contributed by atoms with Crippen molar-refractivity contribution in [2.75, 3.05) is 0 Å². The van der Waals surface area contributed by atoms with Crippen LogP contribution in [0, 0.1) is 0 Å². The number of rotatable bonds is 5. The Morgan fingerprint density at radius 3 is 2.52 bits per heavy atom. The van der Waals surface area contributed by atoms with E-state index in [1.165, 1.54) is 6.07 Å². The van der Waals surface area contributed by atoms with Gasteiger partial charge in [-0.25, -0.2) is 28.4 Å². The summed E-state index contributed by atoms with van der Waals surface area (Å²) in [5, 5.41) is 16.5. The van der Waals surface area contributed by atoms with Gasteiger partial charge in [0.1, 0.15) is 5.69 Å². The molecule has 0 radical (unpaired) electrons. The second-order valence-electron chi connectivity index (χ2n) is 7.98. The third-order valence-electron chi connectivity index (χ3n) is 5.77. The molecule has 2 atom stereocenters. The molecule has 0 aliphatic heterocycles. The first-order valence-corrected chi connectivity index (χ1v) is 12.2. The molecule has 5 N–H and O–H groups in total. The molecule has 4 rings (SSSR count). The van der Waals surface area contributed by atoms with Crippen LogP contribution in [0.2, 0.25) is 5.02 Å². The van der Waals surface area contributed by atoms with E-state index in [9.17, 15) is 18.4 Å². The van der Waals surface area contributed by atoms with Crippen LogP contribution in [0.4, 0.5) is 4.79 Å². The monoisotopic (exact) mass is 490 g/mol. The zero-order chi connectivity index (χ0) is 23.8. The first-order valence-electron chi connectivity index (χ1n) is 10.3. The van der Waals surface area contributed by atoms with E-state index in [1.54, 1.807) is 42.5 Å². The summed E-state index contributed by atoms with van der Waals surface area (Å²) < 4.78 is 30.6. The number of sulfonamides is 1. The number of carbonyl (C=O) groups excluding carboxylic acids is 1. The molecule has 1 fully saturated rings. The quantitative estimate of drug-likeness (QED) is 0.361. The predicted molar refractivity (Wildman–Crippen MR) is 122 cm³/mol. The molecule has 174 valence electrons. The summed E-state index contributed by atoms with van der Waals surface area (Å²) >= 11 is 6.03. The summed E-state index contributed by atoms with van der Waals surface area (Å²) in [4.78, 5) is 16.0. The molecule has 1 heterocycles. The molecular weight excluding hydrogens is 468 g/mol. The molecule has 2 aromatic carbocycles. The molecule has 1 aliphatic rings. The molecule has 0 bridgehead atoms. The zero-order valence-electron chi connectivity index (χ0n) is 17.5. The lowest BCUT2D eigenvalue weighted by atomic mass is 9.85. The minimum Gasteiger partial charge on any atom is -0.440 e. The Labute approximate surface area is 196 Å². The van der Waals surface area contributed by atoms with Crippen molar-refractivity contribution in [3.05, 3.63) is 59.4 Å². The number of benzene rings is 2. The molecule has 2 amide bonds. The van der Waals surface area contributed by atoms with Crippen LogP contribution in [-0.4, -0.2) is 35.7 Å².